The van der Waals surface area contributed by atoms with Gasteiger partial charge in [-0.15, -0.1) is 0 Å². The molecule has 0 amide bonds. The Morgan fingerprint density at radius 2 is 2.00 bits per heavy atom. The van der Waals surface area contributed by atoms with Crippen LogP contribution in [0.5, 0.6) is 0 Å². The topological polar surface area (TPSA) is 63.3 Å². The molecule has 0 unspecified atom stereocenters. The molecular weight excluding hydrogens is 282 g/mol. The maximum atomic E-state index is 11.1. The Labute approximate surface area is 120 Å². The van der Waals surface area contributed by atoms with Gasteiger partial charge in [-0.1, -0.05) is 35.5 Å². The number of benzene rings is 2. The van der Waals surface area contributed by atoms with Crippen molar-refractivity contribution in [1.82, 2.24) is 0 Å². The van der Waals surface area contributed by atoms with E-state index in [-0.39, 0.29) is 5.56 Å². The number of carboxylic acids is 1. The maximum absolute atomic E-state index is 11.1. The molecule has 0 saturated heterocycles. The van der Waals surface area contributed by atoms with E-state index in [0.717, 1.165) is 15.4 Å². The number of anilines is 1. The zero-order valence-electron chi connectivity index (χ0n) is 10.2. The molecule has 0 radical (unpaired) electrons. The Kier molecular flexibility index (Phi) is 4.02. The van der Waals surface area contributed by atoms with Crippen LogP contribution in [0.4, 0.5) is 5.69 Å². The summed E-state index contributed by atoms with van der Waals surface area (Å²) >= 11 is 7.50. The SMILES string of the molecule is Cc1cc(Sc2ccccc2Cl)cc(C(=O)O)c1N. The molecule has 0 heterocycles. The number of hydrogen-bond acceptors (Lipinski definition) is 3. The van der Waals surface area contributed by atoms with Crippen LogP contribution in [-0.2, 0) is 0 Å². The Balaban J connectivity index is 2.42. The van der Waals surface area contributed by atoms with Crippen molar-refractivity contribution in [2.24, 2.45) is 0 Å². The van der Waals surface area contributed by atoms with Crippen molar-refractivity contribution in [2.75, 3.05) is 5.73 Å². The van der Waals surface area contributed by atoms with Crippen molar-refractivity contribution < 1.29 is 9.90 Å². The molecule has 3 nitrogen and oxygen atoms in total. The number of nitrogens with two attached hydrogens (primary N) is 1. The van der Waals surface area contributed by atoms with Gasteiger partial charge in [-0.2, -0.15) is 0 Å². The zero-order chi connectivity index (χ0) is 14.0. The number of nitrogen functional groups attached to an aromatic ring is 1. The first-order chi connectivity index (χ1) is 8.99. The molecule has 2 rings (SSSR count). The molecule has 0 aromatic heterocycles. The fourth-order valence-electron chi connectivity index (χ4n) is 1.66. The van der Waals surface area contributed by atoms with Gasteiger partial charge < -0.3 is 10.8 Å². The molecule has 5 heteroatoms. The van der Waals surface area contributed by atoms with Crippen LogP contribution in [0, 0.1) is 6.92 Å². The molecule has 19 heavy (non-hydrogen) atoms. The highest BCUT2D eigenvalue weighted by atomic mass is 35.5. The summed E-state index contributed by atoms with van der Waals surface area (Å²) in [6.07, 6.45) is 0. The number of aryl methyl sites for hydroxylation is 1. The van der Waals surface area contributed by atoms with Crippen LogP contribution in [0.15, 0.2) is 46.2 Å². The average Bonchev–Trinajstić information content (AvgIpc) is 2.36. The third kappa shape index (κ3) is 3.03. The molecule has 0 atom stereocenters. The average molecular weight is 294 g/mol. The highest BCUT2D eigenvalue weighted by molar-refractivity contribution is 7.99. The lowest BCUT2D eigenvalue weighted by atomic mass is 10.1. The van der Waals surface area contributed by atoms with E-state index >= 15 is 0 Å². The first kappa shape index (κ1) is 13.8. The van der Waals surface area contributed by atoms with Crippen LogP contribution >= 0.6 is 23.4 Å². The molecule has 0 saturated carbocycles. The molecule has 3 N–H and O–H groups in total. The van der Waals surface area contributed by atoms with Crippen molar-refractivity contribution in [3.63, 3.8) is 0 Å². The van der Waals surface area contributed by atoms with Gasteiger partial charge >= 0.3 is 5.97 Å². The smallest absolute Gasteiger partial charge is 0.337 e. The van der Waals surface area contributed by atoms with Gasteiger partial charge in [-0.05, 0) is 36.8 Å². The predicted molar refractivity (Wildman–Crippen MR) is 78.1 cm³/mol. The van der Waals surface area contributed by atoms with E-state index in [4.69, 9.17) is 22.4 Å². The molecule has 0 fully saturated rings. The molecule has 98 valence electrons. The summed E-state index contributed by atoms with van der Waals surface area (Å²) < 4.78 is 0. The van der Waals surface area contributed by atoms with E-state index in [1.165, 1.54) is 11.8 Å². The first-order valence-electron chi connectivity index (χ1n) is 5.55. The van der Waals surface area contributed by atoms with Crippen LogP contribution in [0.3, 0.4) is 0 Å². The minimum atomic E-state index is -1.03. The van der Waals surface area contributed by atoms with Gasteiger partial charge in [0, 0.05) is 15.5 Å². The second-order valence-corrected chi connectivity index (χ2v) is 5.56. The summed E-state index contributed by atoms with van der Waals surface area (Å²) in [7, 11) is 0. The lowest BCUT2D eigenvalue weighted by Crippen LogP contribution is -2.04. The Morgan fingerprint density at radius 1 is 1.32 bits per heavy atom. The number of aromatic carboxylic acids is 1. The number of carbonyl (C=O) groups is 1. The lowest BCUT2D eigenvalue weighted by molar-refractivity contribution is 0.0697. The lowest BCUT2D eigenvalue weighted by Gasteiger charge is -2.09. The highest BCUT2D eigenvalue weighted by Gasteiger charge is 2.13. The second kappa shape index (κ2) is 5.55. The quantitative estimate of drug-likeness (QED) is 0.837. The van der Waals surface area contributed by atoms with Gasteiger partial charge in [-0.25, -0.2) is 4.79 Å². The second-order valence-electron chi connectivity index (χ2n) is 4.04. The third-order valence-corrected chi connectivity index (χ3v) is 4.14. The van der Waals surface area contributed by atoms with Crippen molar-refractivity contribution in [2.45, 2.75) is 16.7 Å². The Bertz CT molecular complexity index is 643. The van der Waals surface area contributed by atoms with Crippen LogP contribution in [0.25, 0.3) is 0 Å². The number of hydrogen-bond donors (Lipinski definition) is 2. The van der Waals surface area contributed by atoms with Crippen molar-refractivity contribution >= 4 is 35.0 Å². The number of rotatable bonds is 3. The maximum Gasteiger partial charge on any atom is 0.337 e. The minimum Gasteiger partial charge on any atom is -0.478 e. The molecule has 2 aromatic carbocycles. The normalized spacial score (nSPS) is 10.4. The molecule has 0 aliphatic heterocycles. The summed E-state index contributed by atoms with van der Waals surface area (Å²) in [5.74, 6) is -1.03. The summed E-state index contributed by atoms with van der Waals surface area (Å²) in [5.41, 5.74) is 6.93. The highest BCUT2D eigenvalue weighted by Crippen LogP contribution is 2.35. The van der Waals surface area contributed by atoms with E-state index in [1.807, 2.05) is 24.3 Å². The van der Waals surface area contributed by atoms with E-state index in [2.05, 4.69) is 0 Å². The van der Waals surface area contributed by atoms with Crippen LogP contribution < -0.4 is 5.73 Å². The van der Waals surface area contributed by atoms with Crippen molar-refractivity contribution in [3.8, 4) is 0 Å². The van der Waals surface area contributed by atoms with E-state index in [1.54, 1.807) is 19.1 Å². The Morgan fingerprint density at radius 3 is 2.63 bits per heavy atom. The van der Waals surface area contributed by atoms with Gasteiger partial charge in [0.1, 0.15) is 0 Å². The molecule has 0 spiro atoms. The largest absolute Gasteiger partial charge is 0.478 e. The fourth-order valence-corrected chi connectivity index (χ4v) is 2.89. The zero-order valence-corrected chi connectivity index (χ0v) is 11.8. The van der Waals surface area contributed by atoms with Crippen molar-refractivity contribution in [3.05, 3.63) is 52.5 Å². The van der Waals surface area contributed by atoms with Gasteiger partial charge in [0.15, 0.2) is 0 Å². The number of carboxylic acid groups (broad SMARTS) is 1. The van der Waals surface area contributed by atoms with E-state index < -0.39 is 5.97 Å². The summed E-state index contributed by atoms with van der Waals surface area (Å²) in [5, 5.41) is 9.76. The monoisotopic (exact) mass is 293 g/mol. The molecular formula is C14H12ClNO2S. The van der Waals surface area contributed by atoms with E-state index in [9.17, 15) is 4.79 Å². The van der Waals surface area contributed by atoms with Gasteiger partial charge in [0.05, 0.1) is 10.6 Å². The van der Waals surface area contributed by atoms with Crippen LogP contribution in [-0.4, -0.2) is 11.1 Å². The molecule has 0 bridgehead atoms. The third-order valence-electron chi connectivity index (χ3n) is 2.66. The Hall–Kier alpha value is -1.65. The molecule has 0 aliphatic rings. The molecule has 0 aliphatic carbocycles. The first-order valence-corrected chi connectivity index (χ1v) is 6.74. The van der Waals surface area contributed by atoms with Crippen LogP contribution in [0.1, 0.15) is 15.9 Å². The standard InChI is InChI=1S/C14H12ClNO2S/c1-8-6-9(7-10(13(8)16)14(17)18)19-12-5-3-2-4-11(12)15/h2-7H,16H2,1H3,(H,17,18). The van der Waals surface area contributed by atoms with E-state index in [0.29, 0.717) is 10.7 Å². The summed E-state index contributed by atoms with van der Waals surface area (Å²) in [4.78, 5) is 12.8. The summed E-state index contributed by atoms with van der Waals surface area (Å²) in [6, 6.07) is 10.8. The number of halogens is 1. The fraction of sp³-hybridized carbons (Fsp3) is 0.0714. The summed E-state index contributed by atoms with van der Waals surface area (Å²) in [6.45, 7) is 1.79. The molecule has 2 aromatic rings. The predicted octanol–water partition coefficient (Wildman–Crippen LogP) is 4.08. The van der Waals surface area contributed by atoms with Gasteiger partial charge in [0.2, 0.25) is 0 Å². The van der Waals surface area contributed by atoms with Crippen molar-refractivity contribution in [1.29, 1.82) is 0 Å². The van der Waals surface area contributed by atoms with Crippen LogP contribution in [0.2, 0.25) is 5.02 Å². The minimum absolute atomic E-state index is 0.120. The van der Waals surface area contributed by atoms with Gasteiger partial charge in [0.25, 0.3) is 0 Å². The van der Waals surface area contributed by atoms with Gasteiger partial charge in [-0.3, -0.25) is 0 Å².